The molecule has 2 N–H and O–H groups in total. The van der Waals surface area contributed by atoms with Crippen molar-refractivity contribution in [3.63, 3.8) is 0 Å². The zero-order valence-electron chi connectivity index (χ0n) is 13.4. The number of nitrogens with one attached hydrogen (secondary N) is 1. The molecule has 0 radical (unpaired) electrons. The third kappa shape index (κ3) is 4.42. The van der Waals surface area contributed by atoms with Crippen molar-refractivity contribution >= 4 is 27.6 Å². The average molecular weight is 333 g/mol. The minimum atomic E-state index is -0.381. The molecule has 23 heavy (non-hydrogen) atoms. The molecule has 1 saturated carbocycles. The standard InChI is InChI=1S/C17H23N3O2S/c1-20(11-14(21)12-8-9-12)17(22)18-10-4-7-16-19-13-5-2-3-6-15(13)23-16/h2-3,5-6,12,14,21H,4,7-11H2,1H3,(H,18,22). The second-order valence-corrected chi connectivity index (χ2v) is 7.31. The molecule has 2 aromatic rings. The summed E-state index contributed by atoms with van der Waals surface area (Å²) in [4.78, 5) is 18.1. The summed E-state index contributed by atoms with van der Waals surface area (Å²) in [5, 5.41) is 13.9. The van der Waals surface area contributed by atoms with Gasteiger partial charge in [-0.05, 0) is 37.3 Å². The van der Waals surface area contributed by atoms with E-state index in [9.17, 15) is 9.90 Å². The third-order valence-electron chi connectivity index (χ3n) is 4.16. The molecule has 1 fully saturated rings. The first kappa shape index (κ1) is 16.2. The molecule has 0 aliphatic heterocycles. The maximum Gasteiger partial charge on any atom is 0.317 e. The molecule has 1 aromatic carbocycles. The summed E-state index contributed by atoms with van der Waals surface area (Å²) in [7, 11) is 1.73. The van der Waals surface area contributed by atoms with Gasteiger partial charge < -0.3 is 15.3 Å². The van der Waals surface area contributed by atoms with Crippen LogP contribution in [-0.4, -0.2) is 47.3 Å². The molecule has 6 heteroatoms. The smallest absolute Gasteiger partial charge is 0.317 e. The summed E-state index contributed by atoms with van der Waals surface area (Å²) in [6.07, 6.45) is 3.52. The molecule has 124 valence electrons. The molecule has 0 spiro atoms. The number of hydrogen-bond donors (Lipinski definition) is 2. The summed E-state index contributed by atoms with van der Waals surface area (Å²) in [6, 6.07) is 8.01. The number of fused-ring (bicyclic) bond motifs is 1. The van der Waals surface area contributed by atoms with Gasteiger partial charge in [-0.25, -0.2) is 9.78 Å². The van der Waals surface area contributed by atoms with Crippen molar-refractivity contribution in [1.82, 2.24) is 15.2 Å². The Balaban J connectivity index is 1.37. The van der Waals surface area contributed by atoms with Crippen LogP contribution in [0.5, 0.6) is 0 Å². The Kier molecular flexibility index (Phi) is 5.13. The fourth-order valence-electron chi connectivity index (χ4n) is 2.59. The molecule has 1 aromatic heterocycles. The van der Waals surface area contributed by atoms with Crippen LogP contribution in [0, 0.1) is 5.92 Å². The van der Waals surface area contributed by atoms with Crippen LogP contribution in [0.4, 0.5) is 4.79 Å². The van der Waals surface area contributed by atoms with Gasteiger partial charge in [0.15, 0.2) is 0 Å². The van der Waals surface area contributed by atoms with Gasteiger partial charge >= 0.3 is 6.03 Å². The van der Waals surface area contributed by atoms with Gasteiger partial charge in [0.05, 0.1) is 21.3 Å². The van der Waals surface area contributed by atoms with Crippen LogP contribution in [0.2, 0.25) is 0 Å². The third-order valence-corrected chi connectivity index (χ3v) is 5.25. The molecule has 2 amide bonds. The lowest BCUT2D eigenvalue weighted by molar-refractivity contribution is 0.113. The van der Waals surface area contributed by atoms with E-state index in [0.717, 1.165) is 36.2 Å². The molecular weight excluding hydrogens is 310 g/mol. The van der Waals surface area contributed by atoms with Gasteiger partial charge in [0.1, 0.15) is 0 Å². The molecule has 1 aliphatic carbocycles. The second-order valence-electron chi connectivity index (χ2n) is 6.20. The van der Waals surface area contributed by atoms with Gasteiger partial charge in [-0.3, -0.25) is 0 Å². The molecule has 0 saturated heterocycles. The lowest BCUT2D eigenvalue weighted by Gasteiger charge is -2.21. The molecule has 1 unspecified atom stereocenters. The van der Waals surface area contributed by atoms with Crippen LogP contribution in [-0.2, 0) is 6.42 Å². The highest BCUT2D eigenvalue weighted by Crippen LogP contribution is 2.32. The number of aliphatic hydroxyl groups excluding tert-OH is 1. The highest BCUT2D eigenvalue weighted by molar-refractivity contribution is 7.18. The van der Waals surface area contributed by atoms with Crippen molar-refractivity contribution in [2.24, 2.45) is 5.92 Å². The van der Waals surface area contributed by atoms with E-state index in [4.69, 9.17) is 0 Å². The number of nitrogens with zero attached hydrogens (tertiary/aromatic N) is 2. The first-order valence-corrected chi connectivity index (χ1v) is 8.96. The van der Waals surface area contributed by atoms with Crippen LogP contribution >= 0.6 is 11.3 Å². The first-order chi connectivity index (χ1) is 11.1. The predicted octanol–water partition coefficient (Wildman–Crippen LogP) is 2.64. The van der Waals surface area contributed by atoms with Crippen molar-refractivity contribution in [1.29, 1.82) is 0 Å². The van der Waals surface area contributed by atoms with Crippen molar-refractivity contribution in [3.05, 3.63) is 29.3 Å². The van der Waals surface area contributed by atoms with E-state index in [0.29, 0.717) is 19.0 Å². The van der Waals surface area contributed by atoms with E-state index in [1.165, 1.54) is 4.70 Å². The maximum atomic E-state index is 12.0. The van der Waals surface area contributed by atoms with Gasteiger partial charge in [-0.15, -0.1) is 11.3 Å². The molecule has 5 nitrogen and oxygen atoms in total. The summed E-state index contributed by atoms with van der Waals surface area (Å²) in [5.74, 6) is 0.393. The van der Waals surface area contributed by atoms with E-state index in [2.05, 4.69) is 16.4 Å². The van der Waals surface area contributed by atoms with Crippen LogP contribution in [0.3, 0.4) is 0 Å². The van der Waals surface area contributed by atoms with E-state index in [1.54, 1.807) is 23.3 Å². The number of para-hydroxylation sites is 1. The maximum absolute atomic E-state index is 12.0. The second kappa shape index (κ2) is 7.27. The number of carbonyl (C=O) groups excluding carboxylic acids is 1. The topological polar surface area (TPSA) is 65.5 Å². The number of likely N-dealkylation sites (N-methyl/N-ethyl adjacent to an activating group) is 1. The number of hydrogen-bond acceptors (Lipinski definition) is 4. The molecule has 1 atom stereocenters. The Morgan fingerprint density at radius 2 is 2.26 bits per heavy atom. The number of aromatic nitrogens is 1. The summed E-state index contributed by atoms with van der Waals surface area (Å²) >= 11 is 1.71. The fourth-order valence-corrected chi connectivity index (χ4v) is 3.60. The van der Waals surface area contributed by atoms with Crippen LogP contribution < -0.4 is 5.32 Å². The Bertz CT molecular complexity index is 636. The normalized spacial score (nSPS) is 15.6. The molecular formula is C17H23N3O2S. The summed E-state index contributed by atoms with van der Waals surface area (Å²) in [6.45, 7) is 1.03. The number of urea groups is 1. The Labute approximate surface area is 140 Å². The zero-order valence-corrected chi connectivity index (χ0v) is 14.2. The van der Waals surface area contributed by atoms with Crippen LogP contribution in [0.25, 0.3) is 10.2 Å². The van der Waals surface area contributed by atoms with E-state index >= 15 is 0 Å². The molecule has 3 rings (SSSR count). The Morgan fingerprint density at radius 1 is 1.48 bits per heavy atom. The SMILES string of the molecule is CN(CC(O)C1CC1)C(=O)NCCCc1nc2ccccc2s1. The van der Waals surface area contributed by atoms with Gasteiger partial charge in [0.2, 0.25) is 0 Å². The Morgan fingerprint density at radius 3 is 3.00 bits per heavy atom. The monoisotopic (exact) mass is 333 g/mol. The van der Waals surface area contributed by atoms with E-state index < -0.39 is 0 Å². The van der Waals surface area contributed by atoms with Crippen molar-refractivity contribution < 1.29 is 9.90 Å². The summed E-state index contributed by atoms with van der Waals surface area (Å²) in [5.41, 5.74) is 1.05. The number of aliphatic hydroxyl groups is 1. The van der Waals surface area contributed by atoms with Gasteiger partial charge in [0, 0.05) is 26.6 Å². The fraction of sp³-hybridized carbons (Fsp3) is 0.529. The number of carbonyl (C=O) groups is 1. The van der Waals surface area contributed by atoms with Gasteiger partial charge in [-0.1, -0.05) is 12.1 Å². The van der Waals surface area contributed by atoms with Crippen molar-refractivity contribution in [2.45, 2.75) is 31.8 Å². The quantitative estimate of drug-likeness (QED) is 0.766. The zero-order chi connectivity index (χ0) is 16.2. The minimum Gasteiger partial charge on any atom is -0.391 e. The molecule has 1 aliphatic rings. The van der Waals surface area contributed by atoms with Gasteiger partial charge in [0.25, 0.3) is 0 Å². The summed E-state index contributed by atoms with van der Waals surface area (Å²) < 4.78 is 1.21. The lowest BCUT2D eigenvalue weighted by Crippen LogP contribution is -2.42. The largest absolute Gasteiger partial charge is 0.391 e. The van der Waals surface area contributed by atoms with Crippen LogP contribution in [0.1, 0.15) is 24.3 Å². The van der Waals surface area contributed by atoms with Gasteiger partial charge in [-0.2, -0.15) is 0 Å². The number of amides is 2. The molecule has 0 bridgehead atoms. The predicted molar refractivity (Wildman–Crippen MR) is 92.7 cm³/mol. The highest BCUT2D eigenvalue weighted by Gasteiger charge is 2.31. The van der Waals surface area contributed by atoms with E-state index in [1.807, 2.05) is 18.2 Å². The number of thiazole rings is 1. The first-order valence-electron chi connectivity index (χ1n) is 8.15. The minimum absolute atomic E-state index is 0.117. The Hall–Kier alpha value is -1.66. The van der Waals surface area contributed by atoms with E-state index in [-0.39, 0.29) is 12.1 Å². The highest BCUT2D eigenvalue weighted by atomic mass is 32.1. The number of benzene rings is 1. The lowest BCUT2D eigenvalue weighted by atomic mass is 10.2. The number of aryl methyl sites for hydroxylation is 1. The van der Waals surface area contributed by atoms with Crippen LogP contribution in [0.15, 0.2) is 24.3 Å². The molecule has 1 heterocycles. The van der Waals surface area contributed by atoms with Crippen molar-refractivity contribution in [3.8, 4) is 0 Å². The number of rotatable bonds is 7. The van der Waals surface area contributed by atoms with Crippen molar-refractivity contribution in [2.75, 3.05) is 20.1 Å². The average Bonchev–Trinajstić information content (AvgIpc) is 3.31.